The predicted molar refractivity (Wildman–Crippen MR) is 104 cm³/mol. The van der Waals surface area contributed by atoms with Crippen LogP contribution in [0, 0.1) is 6.92 Å². The second kappa shape index (κ2) is 6.92. The van der Waals surface area contributed by atoms with Crippen LogP contribution in [-0.2, 0) is 0 Å². The van der Waals surface area contributed by atoms with E-state index in [1.165, 1.54) is 0 Å². The normalized spacial score (nSPS) is 11.3. The Balaban J connectivity index is 1.92. The van der Waals surface area contributed by atoms with Gasteiger partial charge in [-0.05, 0) is 42.8 Å². The van der Waals surface area contributed by atoms with Crippen molar-refractivity contribution >= 4 is 17.2 Å². The Kier molecular flexibility index (Phi) is 4.30. The molecule has 0 atom stereocenters. The van der Waals surface area contributed by atoms with E-state index in [9.17, 15) is 5.11 Å². The molecule has 27 heavy (non-hydrogen) atoms. The lowest BCUT2D eigenvalue weighted by Gasteiger charge is -2.03. The molecule has 0 saturated carbocycles. The van der Waals surface area contributed by atoms with Gasteiger partial charge in [0.05, 0.1) is 12.8 Å². The van der Waals surface area contributed by atoms with E-state index in [-0.39, 0.29) is 5.75 Å². The molecule has 4 rings (SSSR count). The highest BCUT2D eigenvalue weighted by Gasteiger charge is 2.16. The van der Waals surface area contributed by atoms with Crippen LogP contribution in [0.3, 0.4) is 0 Å². The molecule has 6 nitrogen and oxygen atoms in total. The van der Waals surface area contributed by atoms with Crippen LogP contribution in [0.5, 0.6) is 11.5 Å². The molecule has 0 aliphatic carbocycles. The van der Waals surface area contributed by atoms with Crippen molar-refractivity contribution in [1.29, 1.82) is 0 Å². The second-order valence-corrected chi connectivity index (χ2v) is 6.09. The van der Waals surface area contributed by atoms with Crippen LogP contribution in [0.15, 0.2) is 77.1 Å². The van der Waals surface area contributed by atoms with Crippen molar-refractivity contribution in [2.24, 2.45) is 10.2 Å². The average Bonchev–Trinajstić information content (AvgIpc) is 3.07. The summed E-state index contributed by atoms with van der Waals surface area (Å²) < 4.78 is 7.05. The molecular formula is C21H18N4O2. The first-order chi connectivity index (χ1) is 13.2. The van der Waals surface area contributed by atoms with E-state index in [1.54, 1.807) is 29.8 Å². The molecule has 0 radical (unpaired) electrons. The highest BCUT2D eigenvalue weighted by Crippen LogP contribution is 2.36. The molecule has 0 aliphatic heterocycles. The van der Waals surface area contributed by atoms with E-state index in [4.69, 9.17) is 4.74 Å². The van der Waals surface area contributed by atoms with E-state index in [2.05, 4.69) is 15.2 Å². The fraction of sp³-hybridized carbons (Fsp3) is 0.0952. The van der Waals surface area contributed by atoms with Gasteiger partial charge in [0, 0.05) is 11.8 Å². The van der Waals surface area contributed by atoms with Gasteiger partial charge >= 0.3 is 0 Å². The molecule has 0 amide bonds. The molecule has 0 spiro atoms. The van der Waals surface area contributed by atoms with Crippen LogP contribution < -0.4 is 4.74 Å². The highest BCUT2D eigenvalue weighted by atomic mass is 16.5. The summed E-state index contributed by atoms with van der Waals surface area (Å²) in [7, 11) is 1.62. The van der Waals surface area contributed by atoms with Gasteiger partial charge < -0.3 is 9.84 Å². The minimum atomic E-state index is 0.0824. The molecule has 0 saturated heterocycles. The summed E-state index contributed by atoms with van der Waals surface area (Å²) in [6.45, 7) is 1.98. The van der Waals surface area contributed by atoms with Gasteiger partial charge in [-0.3, -0.25) is 4.40 Å². The Morgan fingerprint density at radius 1 is 1.00 bits per heavy atom. The Bertz CT molecular complexity index is 1150. The number of benzene rings is 2. The third-order valence-corrected chi connectivity index (χ3v) is 4.32. The zero-order chi connectivity index (χ0) is 18.8. The zero-order valence-electron chi connectivity index (χ0n) is 15.0. The summed E-state index contributed by atoms with van der Waals surface area (Å²) in [5.41, 5.74) is 3.68. The van der Waals surface area contributed by atoms with Crippen molar-refractivity contribution in [3.05, 3.63) is 72.4 Å². The number of methoxy groups -OCH3 is 1. The minimum absolute atomic E-state index is 0.0824. The summed E-state index contributed by atoms with van der Waals surface area (Å²) >= 11 is 0. The number of aromatic nitrogens is 2. The fourth-order valence-corrected chi connectivity index (χ4v) is 2.88. The summed E-state index contributed by atoms with van der Waals surface area (Å²) in [5.74, 6) is 1.34. The minimum Gasteiger partial charge on any atom is -0.504 e. The van der Waals surface area contributed by atoms with Crippen molar-refractivity contribution in [3.63, 3.8) is 0 Å². The predicted octanol–water partition coefficient (Wildman–Crippen LogP) is 5.44. The molecule has 2 aromatic heterocycles. The molecule has 0 aliphatic rings. The van der Waals surface area contributed by atoms with Crippen molar-refractivity contribution < 1.29 is 9.84 Å². The topological polar surface area (TPSA) is 71.5 Å². The van der Waals surface area contributed by atoms with Crippen LogP contribution in [-0.4, -0.2) is 21.6 Å². The lowest BCUT2D eigenvalue weighted by molar-refractivity contribution is 0.415. The van der Waals surface area contributed by atoms with Crippen molar-refractivity contribution in [1.82, 2.24) is 9.38 Å². The number of ether oxygens (including phenoxy) is 1. The molecule has 1 N–H and O–H groups in total. The number of hydrogen-bond acceptors (Lipinski definition) is 5. The number of aromatic hydroxyl groups is 1. The summed E-state index contributed by atoms with van der Waals surface area (Å²) in [5, 5.41) is 19.1. The summed E-state index contributed by atoms with van der Waals surface area (Å²) in [6.07, 6.45) is 1.80. The van der Waals surface area contributed by atoms with Gasteiger partial charge in [-0.15, -0.1) is 10.2 Å². The zero-order valence-corrected chi connectivity index (χ0v) is 15.0. The molecule has 0 fully saturated rings. The number of rotatable bonds is 4. The third-order valence-electron chi connectivity index (χ3n) is 4.32. The summed E-state index contributed by atoms with van der Waals surface area (Å²) in [6, 6.07) is 18.7. The number of aryl methyl sites for hydroxylation is 1. The quantitative estimate of drug-likeness (QED) is 0.494. The molecule has 2 heterocycles. The number of hydrogen-bond donors (Lipinski definition) is 1. The van der Waals surface area contributed by atoms with Crippen molar-refractivity contribution in [2.45, 2.75) is 6.92 Å². The molecule has 0 bridgehead atoms. The van der Waals surface area contributed by atoms with Gasteiger partial charge in [0.15, 0.2) is 17.2 Å². The maximum Gasteiger partial charge on any atom is 0.187 e. The number of nitrogens with zero attached hydrogens (tertiary/aromatic N) is 4. The highest BCUT2D eigenvalue weighted by molar-refractivity contribution is 5.77. The Morgan fingerprint density at radius 3 is 2.67 bits per heavy atom. The smallest absolute Gasteiger partial charge is 0.187 e. The molecule has 2 aromatic carbocycles. The SMILES string of the molecule is COc1cccc(-c2nc3c(O)cccn3c2N=Nc2ccccc2C)c1. The van der Waals surface area contributed by atoms with Crippen LogP contribution in [0.1, 0.15) is 5.56 Å². The van der Waals surface area contributed by atoms with Crippen LogP contribution in [0.4, 0.5) is 11.5 Å². The monoisotopic (exact) mass is 358 g/mol. The van der Waals surface area contributed by atoms with E-state index in [1.807, 2.05) is 55.5 Å². The van der Waals surface area contributed by atoms with Crippen molar-refractivity contribution in [3.8, 4) is 22.8 Å². The van der Waals surface area contributed by atoms with Crippen molar-refractivity contribution in [2.75, 3.05) is 7.11 Å². The molecule has 4 aromatic rings. The van der Waals surface area contributed by atoms with E-state index >= 15 is 0 Å². The lowest BCUT2D eigenvalue weighted by Crippen LogP contribution is -1.84. The van der Waals surface area contributed by atoms with Gasteiger partial charge in [0.2, 0.25) is 0 Å². The maximum atomic E-state index is 10.2. The van der Waals surface area contributed by atoms with E-state index in [0.29, 0.717) is 17.2 Å². The number of fused-ring (bicyclic) bond motifs is 1. The molecule has 6 heteroatoms. The van der Waals surface area contributed by atoms with E-state index in [0.717, 1.165) is 22.6 Å². The summed E-state index contributed by atoms with van der Waals surface area (Å²) in [4.78, 5) is 4.60. The Labute approximate surface area is 156 Å². The van der Waals surface area contributed by atoms with Gasteiger partial charge in [-0.25, -0.2) is 4.98 Å². The first kappa shape index (κ1) is 16.8. The lowest BCUT2D eigenvalue weighted by atomic mass is 10.1. The van der Waals surface area contributed by atoms with Gasteiger partial charge in [0.1, 0.15) is 11.4 Å². The second-order valence-electron chi connectivity index (χ2n) is 6.09. The maximum absolute atomic E-state index is 10.2. The standard InChI is InChI=1S/C21H18N4O2/c1-14-7-3-4-10-17(14)23-24-21-19(15-8-5-9-16(13-15)27-2)22-20-18(26)11-6-12-25(20)21/h3-13,26H,1-2H3. The van der Waals surface area contributed by atoms with E-state index < -0.39 is 0 Å². The van der Waals surface area contributed by atoms with Crippen LogP contribution >= 0.6 is 0 Å². The number of pyridine rings is 1. The Hall–Kier alpha value is -3.67. The number of azo groups is 1. The molecular weight excluding hydrogens is 340 g/mol. The molecule has 134 valence electrons. The Morgan fingerprint density at radius 2 is 1.85 bits per heavy atom. The largest absolute Gasteiger partial charge is 0.504 e. The van der Waals surface area contributed by atoms with Gasteiger partial charge in [-0.2, -0.15) is 0 Å². The molecule has 0 unspecified atom stereocenters. The number of imidazole rings is 1. The first-order valence-electron chi connectivity index (χ1n) is 8.49. The first-order valence-corrected chi connectivity index (χ1v) is 8.49. The van der Waals surface area contributed by atoms with Gasteiger partial charge in [0.25, 0.3) is 0 Å². The van der Waals surface area contributed by atoms with Gasteiger partial charge in [-0.1, -0.05) is 30.3 Å². The third kappa shape index (κ3) is 3.13. The fourth-order valence-electron chi connectivity index (χ4n) is 2.88. The van der Waals surface area contributed by atoms with Crippen LogP contribution in [0.25, 0.3) is 16.9 Å². The van der Waals surface area contributed by atoms with Crippen LogP contribution in [0.2, 0.25) is 0 Å². The average molecular weight is 358 g/mol.